The van der Waals surface area contributed by atoms with E-state index in [2.05, 4.69) is 0 Å². The van der Waals surface area contributed by atoms with E-state index in [1.54, 1.807) is 0 Å². The van der Waals surface area contributed by atoms with Crippen molar-refractivity contribution in [1.82, 2.24) is 4.90 Å². The highest BCUT2D eigenvalue weighted by molar-refractivity contribution is 5.95. The van der Waals surface area contributed by atoms with Crippen LogP contribution in [0.1, 0.15) is 39.5 Å². The maximum absolute atomic E-state index is 12.1. The Morgan fingerprint density at radius 3 is 2.31 bits per heavy atom. The molecule has 1 saturated carbocycles. The molecule has 0 unspecified atom stereocenters. The van der Waals surface area contributed by atoms with E-state index in [0.717, 1.165) is 18.4 Å². The molecule has 0 radical (unpaired) electrons. The van der Waals surface area contributed by atoms with Crippen molar-refractivity contribution in [3.8, 4) is 0 Å². The Morgan fingerprint density at radius 1 is 1.31 bits per heavy atom. The van der Waals surface area contributed by atoms with Gasteiger partial charge in [0.1, 0.15) is 0 Å². The van der Waals surface area contributed by atoms with Crippen molar-refractivity contribution in [2.75, 3.05) is 13.1 Å². The van der Waals surface area contributed by atoms with Gasteiger partial charge in [0.2, 0.25) is 11.8 Å². The molecule has 2 amide bonds. The second-order valence-corrected chi connectivity index (χ2v) is 4.22. The lowest BCUT2D eigenvalue weighted by Crippen LogP contribution is -2.38. The second kappa shape index (κ2) is 5.68. The summed E-state index contributed by atoms with van der Waals surface area (Å²) in [7, 11) is 0. The number of rotatable bonds is 4. The van der Waals surface area contributed by atoms with Crippen molar-refractivity contribution in [1.29, 1.82) is 0 Å². The SMILES string of the molecule is CCN(CC(N)=O)C(=O)C(C)=C1CCCC1. The summed E-state index contributed by atoms with van der Waals surface area (Å²) >= 11 is 0. The van der Waals surface area contributed by atoms with Crippen molar-refractivity contribution in [2.24, 2.45) is 5.73 Å². The van der Waals surface area contributed by atoms with Crippen LogP contribution in [0.25, 0.3) is 0 Å². The zero-order valence-corrected chi connectivity index (χ0v) is 10.1. The molecule has 1 rings (SSSR count). The van der Waals surface area contributed by atoms with Gasteiger partial charge >= 0.3 is 0 Å². The van der Waals surface area contributed by atoms with Crippen molar-refractivity contribution in [2.45, 2.75) is 39.5 Å². The third kappa shape index (κ3) is 3.08. The van der Waals surface area contributed by atoms with E-state index in [0.29, 0.717) is 6.54 Å². The Labute approximate surface area is 96.5 Å². The van der Waals surface area contributed by atoms with Crippen molar-refractivity contribution >= 4 is 11.8 Å². The summed E-state index contributed by atoms with van der Waals surface area (Å²) in [6, 6.07) is 0. The number of allylic oxidation sites excluding steroid dienone is 1. The number of carbonyl (C=O) groups excluding carboxylic acids is 2. The van der Waals surface area contributed by atoms with Gasteiger partial charge in [0.15, 0.2) is 0 Å². The summed E-state index contributed by atoms with van der Waals surface area (Å²) in [6.07, 6.45) is 4.38. The van der Waals surface area contributed by atoms with Gasteiger partial charge in [0, 0.05) is 12.1 Å². The van der Waals surface area contributed by atoms with E-state index in [1.807, 2.05) is 13.8 Å². The van der Waals surface area contributed by atoms with Gasteiger partial charge < -0.3 is 10.6 Å². The third-order valence-electron chi connectivity index (χ3n) is 3.07. The molecule has 0 heterocycles. The summed E-state index contributed by atoms with van der Waals surface area (Å²) < 4.78 is 0. The first-order valence-electron chi connectivity index (χ1n) is 5.82. The minimum Gasteiger partial charge on any atom is -0.368 e. The standard InChI is InChI=1S/C12H20N2O2/c1-3-14(8-11(13)15)12(16)9(2)10-6-4-5-7-10/h3-8H2,1-2H3,(H2,13,15). The number of hydrogen-bond acceptors (Lipinski definition) is 2. The molecule has 0 spiro atoms. The first kappa shape index (κ1) is 12.7. The van der Waals surface area contributed by atoms with Gasteiger partial charge in [0.05, 0.1) is 6.54 Å². The molecular formula is C12H20N2O2. The number of likely N-dealkylation sites (N-methyl/N-ethyl adjacent to an activating group) is 1. The first-order valence-corrected chi connectivity index (χ1v) is 5.82. The molecule has 16 heavy (non-hydrogen) atoms. The monoisotopic (exact) mass is 224 g/mol. The molecule has 0 aliphatic heterocycles. The highest BCUT2D eigenvalue weighted by Crippen LogP contribution is 2.27. The topological polar surface area (TPSA) is 63.4 Å². The van der Waals surface area contributed by atoms with Crippen molar-refractivity contribution in [3.63, 3.8) is 0 Å². The van der Waals surface area contributed by atoms with Gasteiger partial charge in [-0.2, -0.15) is 0 Å². The average molecular weight is 224 g/mol. The van der Waals surface area contributed by atoms with Gasteiger partial charge in [0.25, 0.3) is 0 Å². The minimum absolute atomic E-state index is 0.0138. The van der Waals surface area contributed by atoms with E-state index in [-0.39, 0.29) is 12.5 Å². The third-order valence-corrected chi connectivity index (χ3v) is 3.07. The van der Waals surface area contributed by atoms with Crippen LogP contribution in [0.3, 0.4) is 0 Å². The molecule has 1 aliphatic rings. The van der Waals surface area contributed by atoms with Crippen LogP contribution in [-0.2, 0) is 9.59 Å². The largest absolute Gasteiger partial charge is 0.368 e. The van der Waals surface area contributed by atoms with Gasteiger partial charge in [-0.15, -0.1) is 0 Å². The maximum atomic E-state index is 12.1. The lowest BCUT2D eigenvalue weighted by atomic mass is 10.1. The molecule has 90 valence electrons. The number of carbonyl (C=O) groups is 2. The molecule has 4 nitrogen and oxygen atoms in total. The lowest BCUT2D eigenvalue weighted by Gasteiger charge is -2.20. The average Bonchev–Trinajstić information content (AvgIpc) is 2.76. The Morgan fingerprint density at radius 2 is 1.88 bits per heavy atom. The van der Waals surface area contributed by atoms with Crippen LogP contribution in [0.5, 0.6) is 0 Å². The fourth-order valence-electron chi connectivity index (χ4n) is 2.08. The molecule has 4 heteroatoms. The van der Waals surface area contributed by atoms with Crippen LogP contribution in [-0.4, -0.2) is 29.8 Å². The molecular weight excluding hydrogens is 204 g/mol. The zero-order chi connectivity index (χ0) is 12.1. The summed E-state index contributed by atoms with van der Waals surface area (Å²) in [5, 5.41) is 0. The molecule has 0 aromatic heterocycles. The molecule has 0 bridgehead atoms. The van der Waals surface area contributed by atoms with E-state index in [1.165, 1.54) is 23.3 Å². The number of amides is 2. The van der Waals surface area contributed by atoms with Crippen LogP contribution in [0.15, 0.2) is 11.1 Å². The molecule has 0 saturated heterocycles. The molecule has 1 fully saturated rings. The zero-order valence-electron chi connectivity index (χ0n) is 10.1. The summed E-state index contributed by atoms with van der Waals surface area (Å²) in [4.78, 5) is 24.4. The highest BCUT2D eigenvalue weighted by Gasteiger charge is 2.20. The molecule has 1 aliphatic carbocycles. The summed E-state index contributed by atoms with van der Waals surface area (Å²) in [5.41, 5.74) is 7.16. The van der Waals surface area contributed by atoms with E-state index in [9.17, 15) is 9.59 Å². The Hall–Kier alpha value is -1.32. The Kier molecular flexibility index (Phi) is 4.52. The predicted octanol–water partition coefficient (Wildman–Crippen LogP) is 1.21. The number of hydrogen-bond donors (Lipinski definition) is 1. The van der Waals surface area contributed by atoms with Crippen LogP contribution >= 0.6 is 0 Å². The van der Waals surface area contributed by atoms with E-state index in [4.69, 9.17) is 5.73 Å². The quantitative estimate of drug-likeness (QED) is 0.729. The van der Waals surface area contributed by atoms with Crippen molar-refractivity contribution < 1.29 is 9.59 Å². The molecule has 2 N–H and O–H groups in total. The van der Waals surface area contributed by atoms with Crippen LogP contribution in [0, 0.1) is 0 Å². The number of nitrogens with two attached hydrogens (primary N) is 1. The highest BCUT2D eigenvalue weighted by atomic mass is 16.2. The van der Waals surface area contributed by atoms with E-state index >= 15 is 0 Å². The number of primary amides is 1. The minimum atomic E-state index is -0.459. The molecule has 0 aromatic carbocycles. The predicted molar refractivity (Wildman–Crippen MR) is 62.6 cm³/mol. The summed E-state index contributed by atoms with van der Waals surface area (Å²) in [6.45, 7) is 4.24. The van der Waals surface area contributed by atoms with Crippen LogP contribution in [0.2, 0.25) is 0 Å². The second-order valence-electron chi connectivity index (χ2n) is 4.22. The van der Waals surface area contributed by atoms with Gasteiger partial charge in [-0.1, -0.05) is 5.57 Å². The van der Waals surface area contributed by atoms with Crippen LogP contribution < -0.4 is 5.73 Å². The normalized spacial score (nSPS) is 15.0. The van der Waals surface area contributed by atoms with Gasteiger partial charge in [-0.05, 0) is 39.5 Å². The maximum Gasteiger partial charge on any atom is 0.249 e. The lowest BCUT2D eigenvalue weighted by molar-refractivity contribution is -0.131. The first-order chi connectivity index (χ1) is 7.56. The van der Waals surface area contributed by atoms with Crippen molar-refractivity contribution in [3.05, 3.63) is 11.1 Å². The summed E-state index contributed by atoms with van der Waals surface area (Å²) in [5.74, 6) is -0.502. The fraction of sp³-hybridized carbons (Fsp3) is 0.667. The van der Waals surface area contributed by atoms with Gasteiger partial charge in [-0.25, -0.2) is 0 Å². The molecule has 0 aromatic rings. The smallest absolute Gasteiger partial charge is 0.249 e. The molecule has 0 atom stereocenters. The Bertz CT molecular complexity index is 313. The van der Waals surface area contributed by atoms with Gasteiger partial charge in [-0.3, -0.25) is 9.59 Å². The van der Waals surface area contributed by atoms with E-state index < -0.39 is 5.91 Å². The Balaban J connectivity index is 2.74. The van der Waals surface area contributed by atoms with Crippen LogP contribution in [0.4, 0.5) is 0 Å². The fourth-order valence-corrected chi connectivity index (χ4v) is 2.08. The number of nitrogens with zero attached hydrogens (tertiary/aromatic N) is 1.